The highest BCUT2D eigenvalue weighted by atomic mass is 19.4. The van der Waals surface area contributed by atoms with Gasteiger partial charge < -0.3 is 5.73 Å². The van der Waals surface area contributed by atoms with E-state index in [1.54, 1.807) is 0 Å². The third-order valence-electron chi connectivity index (χ3n) is 1.92. The van der Waals surface area contributed by atoms with Gasteiger partial charge in [0, 0.05) is 18.8 Å². The minimum absolute atomic E-state index is 0.0236. The fourth-order valence-electron chi connectivity index (χ4n) is 1.27. The highest BCUT2D eigenvalue weighted by Crippen LogP contribution is 2.33. The molecule has 1 rings (SSSR count). The predicted molar refractivity (Wildman–Crippen MR) is 50.9 cm³/mol. The van der Waals surface area contributed by atoms with Crippen molar-refractivity contribution in [3.63, 3.8) is 0 Å². The second-order valence-electron chi connectivity index (χ2n) is 3.21. The lowest BCUT2D eigenvalue weighted by Crippen LogP contribution is -2.10. The standard InChI is InChI=1S/C9H12F3N3/c1-6(3-4-13)7-5-15(2)14-8(7)9(10,11)12/h5H,1,3-4,13H2,2H3. The Kier molecular flexibility index (Phi) is 3.18. The molecular formula is C9H12F3N3. The van der Waals surface area contributed by atoms with Crippen molar-refractivity contribution in [2.24, 2.45) is 12.8 Å². The Balaban J connectivity index is 3.12. The molecule has 0 aliphatic heterocycles. The van der Waals surface area contributed by atoms with E-state index in [1.165, 1.54) is 13.2 Å². The van der Waals surface area contributed by atoms with Gasteiger partial charge in [0.05, 0.1) is 0 Å². The molecule has 6 heteroatoms. The lowest BCUT2D eigenvalue weighted by atomic mass is 10.1. The lowest BCUT2D eigenvalue weighted by molar-refractivity contribution is -0.141. The van der Waals surface area contributed by atoms with Crippen LogP contribution in [0.15, 0.2) is 12.8 Å². The minimum atomic E-state index is -4.45. The van der Waals surface area contributed by atoms with E-state index in [1.807, 2.05) is 0 Å². The van der Waals surface area contributed by atoms with Crippen LogP contribution in [0.25, 0.3) is 5.57 Å². The molecule has 15 heavy (non-hydrogen) atoms. The van der Waals surface area contributed by atoms with Gasteiger partial charge in [0.25, 0.3) is 0 Å². The average Bonchev–Trinajstić information content (AvgIpc) is 2.47. The first-order valence-electron chi connectivity index (χ1n) is 4.35. The van der Waals surface area contributed by atoms with Gasteiger partial charge in [-0.05, 0) is 18.5 Å². The number of hydrogen-bond donors (Lipinski definition) is 1. The largest absolute Gasteiger partial charge is 0.435 e. The Bertz CT molecular complexity index is 365. The Morgan fingerprint density at radius 1 is 1.60 bits per heavy atom. The molecule has 0 aliphatic carbocycles. The van der Waals surface area contributed by atoms with E-state index in [4.69, 9.17) is 5.73 Å². The number of hydrogen-bond acceptors (Lipinski definition) is 2. The fraction of sp³-hybridized carbons (Fsp3) is 0.444. The molecule has 0 aromatic carbocycles. The number of rotatable bonds is 3. The fourth-order valence-corrected chi connectivity index (χ4v) is 1.27. The first-order chi connectivity index (χ1) is 6.86. The molecule has 1 heterocycles. The molecule has 0 bridgehead atoms. The summed E-state index contributed by atoms with van der Waals surface area (Å²) in [6.45, 7) is 3.84. The third kappa shape index (κ3) is 2.59. The quantitative estimate of drug-likeness (QED) is 0.842. The van der Waals surface area contributed by atoms with Crippen LogP contribution in [0.2, 0.25) is 0 Å². The van der Waals surface area contributed by atoms with E-state index in [2.05, 4.69) is 11.7 Å². The first-order valence-corrected chi connectivity index (χ1v) is 4.35. The van der Waals surface area contributed by atoms with Crippen molar-refractivity contribution < 1.29 is 13.2 Å². The van der Waals surface area contributed by atoms with Crippen LogP contribution in [-0.4, -0.2) is 16.3 Å². The molecule has 0 spiro atoms. The van der Waals surface area contributed by atoms with Crippen molar-refractivity contribution >= 4 is 5.57 Å². The highest BCUT2D eigenvalue weighted by molar-refractivity contribution is 5.65. The summed E-state index contributed by atoms with van der Waals surface area (Å²) in [5.41, 5.74) is 4.75. The van der Waals surface area contributed by atoms with Gasteiger partial charge in [-0.15, -0.1) is 0 Å². The predicted octanol–water partition coefficient (Wildman–Crippen LogP) is 1.80. The van der Waals surface area contributed by atoms with Crippen LogP contribution in [0.3, 0.4) is 0 Å². The van der Waals surface area contributed by atoms with Crippen molar-refractivity contribution in [3.05, 3.63) is 24.0 Å². The Labute approximate surface area is 85.4 Å². The molecule has 0 aliphatic rings. The molecule has 3 nitrogen and oxygen atoms in total. The van der Waals surface area contributed by atoms with Crippen molar-refractivity contribution in [1.82, 2.24) is 9.78 Å². The molecule has 0 saturated heterocycles. The van der Waals surface area contributed by atoms with E-state index in [0.717, 1.165) is 4.68 Å². The zero-order valence-electron chi connectivity index (χ0n) is 8.30. The molecule has 1 aromatic heterocycles. The van der Waals surface area contributed by atoms with Crippen LogP contribution in [0.5, 0.6) is 0 Å². The van der Waals surface area contributed by atoms with Gasteiger partial charge in [0.15, 0.2) is 5.69 Å². The van der Waals surface area contributed by atoms with E-state index in [9.17, 15) is 13.2 Å². The van der Waals surface area contributed by atoms with Crippen LogP contribution in [-0.2, 0) is 13.2 Å². The maximum atomic E-state index is 12.5. The van der Waals surface area contributed by atoms with Gasteiger partial charge in [0.2, 0.25) is 0 Å². The van der Waals surface area contributed by atoms with Gasteiger partial charge in [-0.2, -0.15) is 18.3 Å². The summed E-state index contributed by atoms with van der Waals surface area (Å²) in [6.07, 6.45) is -2.82. The smallest absolute Gasteiger partial charge is 0.330 e. The van der Waals surface area contributed by atoms with Crippen molar-refractivity contribution in [2.75, 3.05) is 6.54 Å². The van der Waals surface area contributed by atoms with E-state index in [0.29, 0.717) is 12.0 Å². The van der Waals surface area contributed by atoms with E-state index in [-0.39, 0.29) is 12.1 Å². The van der Waals surface area contributed by atoms with Crippen molar-refractivity contribution in [2.45, 2.75) is 12.6 Å². The van der Waals surface area contributed by atoms with Crippen LogP contribution in [0, 0.1) is 0 Å². The summed E-state index contributed by atoms with van der Waals surface area (Å²) < 4.78 is 38.7. The van der Waals surface area contributed by atoms with Gasteiger partial charge in [-0.1, -0.05) is 6.58 Å². The van der Waals surface area contributed by atoms with Crippen molar-refractivity contribution in [1.29, 1.82) is 0 Å². The molecule has 0 saturated carbocycles. The summed E-state index contributed by atoms with van der Waals surface area (Å²) in [5, 5.41) is 3.38. The number of nitrogens with zero attached hydrogens (tertiary/aromatic N) is 2. The summed E-state index contributed by atoms with van der Waals surface area (Å²) in [6, 6.07) is 0. The zero-order chi connectivity index (χ0) is 11.6. The number of aromatic nitrogens is 2. The molecule has 84 valence electrons. The maximum absolute atomic E-state index is 12.5. The minimum Gasteiger partial charge on any atom is -0.330 e. The number of nitrogens with two attached hydrogens (primary N) is 1. The number of alkyl halides is 3. The second kappa shape index (κ2) is 4.06. The van der Waals surface area contributed by atoms with Gasteiger partial charge in [-0.25, -0.2) is 0 Å². The Hall–Kier alpha value is -1.30. The van der Waals surface area contributed by atoms with E-state index < -0.39 is 11.9 Å². The first kappa shape index (κ1) is 11.8. The molecule has 2 N–H and O–H groups in total. The summed E-state index contributed by atoms with van der Waals surface area (Å²) in [7, 11) is 1.44. The summed E-state index contributed by atoms with van der Waals surface area (Å²) in [5.74, 6) is 0. The van der Waals surface area contributed by atoms with Crippen LogP contribution >= 0.6 is 0 Å². The Morgan fingerprint density at radius 3 is 2.67 bits per heavy atom. The second-order valence-corrected chi connectivity index (χ2v) is 3.21. The summed E-state index contributed by atoms with van der Waals surface area (Å²) >= 11 is 0. The van der Waals surface area contributed by atoms with Gasteiger partial charge >= 0.3 is 6.18 Å². The van der Waals surface area contributed by atoms with Gasteiger partial charge in [-0.3, -0.25) is 4.68 Å². The topological polar surface area (TPSA) is 43.8 Å². The number of aryl methyl sites for hydroxylation is 1. The maximum Gasteiger partial charge on any atom is 0.435 e. The van der Waals surface area contributed by atoms with Crippen molar-refractivity contribution in [3.8, 4) is 0 Å². The molecule has 0 unspecified atom stereocenters. The normalized spacial score (nSPS) is 11.8. The molecule has 0 radical (unpaired) electrons. The monoisotopic (exact) mass is 219 g/mol. The summed E-state index contributed by atoms with van der Waals surface area (Å²) in [4.78, 5) is 0. The molecular weight excluding hydrogens is 207 g/mol. The third-order valence-corrected chi connectivity index (χ3v) is 1.92. The van der Waals surface area contributed by atoms with Gasteiger partial charge in [0.1, 0.15) is 0 Å². The lowest BCUT2D eigenvalue weighted by Gasteiger charge is -2.07. The zero-order valence-corrected chi connectivity index (χ0v) is 8.30. The molecule has 0 fully saturated rings. The molecule has 0 atom stereocenters. The highest BCUT2D eigenvalue weighted by Gasteiger charge is 2.37. The van der Waals surface area contributed by atoms with E-state index >= 15 is 0 Å². The molecule has 1 aromatic rings. The SMILES string of the molecule is C=C(CCN)c1cn(C)nc1C(F)(F)F. The van der Waals surface area contributed by atoms with Crippen LogP contribution < -0.4 is 5.73 Å². The number of halogens is 3. The Morgan fingerprint density at radius 2 is 2.20 bits per heavy atom. The van der Waals surface area contributed by atoms with Crippen LogP contribution in [0.4, 0.5) is 13.2 Å². The average molecular weight is 219 g/mol. The molecule has 0 amide bonds. The van der Waals surface area contributed by atoms with Crippen LogP contribution in [0.1, 0.15) is 17.7 Å².